The molecule has 30 heavy (non-hydrogen) atoms. The fourth-order valence-electron chi connectivity index (χ4n) is 2.84. The molecule has 0 saturated carbocycles. The molecule has 0 aliphatic rings. The smallest absolute Gasteiger partial charge is 0.338 e. The largest absolute Gasteiger partial charge is 0.451 e. The molecule has 0 aromatic heterocycles. The number of ether oxygens (including phenoxy) is 2. The van der Waals surface area contributed by atoms with E-state index in [1.54, 1.807) is 54.6 Å². The molecular weight excluding hydrogens is 404 g/mol. The summed E-state index contributed by atoms with van der Waals surface area (Å²) in [5.74, 6) is -0.830. The molecule has 6 heteroatoms. The van der Waals surface area contributed by atoms with E-state index in [4.69, 9.17) is 21.1 Å². The third-order valence-corrected chi connectivity index (χ3v) is 4.57. The molecule has 0 heterocycles. The number of halogens is 1. The van der Waals surface area contributed by atoms with E-state index >= 15 is 0 Å². The van der Waals surface area contributed by atoms with Crippen LogP contribution in [0.15, 0.2) is 72.8 Å². The van der Waals surface area contributed by atoms with Gasteiger partial charge in [-0.2, -0.15) is 0 Å². The van der Waals surface area contributed by atoms with E-state index in [9.17, 15) is 14.4 Å². The molecule has 152 valence electrons. The minimum Gasteiger partial charge on any atom is -0.451 e. The van der Waals surface area contributed by atoms with E-state index < -0.39 is 12.1 Å². The molecule has 0 amide bonds. The van der Waals surface area contributed by atoms with Crippen LogP contribution < -0.4 is 4.74 Å². The molecule has 0 saturated heterocycles. The second-order valence-electron chi connectivity index (χ2n) is 6.62. The number of esters is 2. The molecule has 1 atom stereocenters. The number of carbonyl (C=O) groups excluding carboxylic acids is 3. The average Bonchev–Trinajstić information content (AvgIpc) is 2.73. The fraction of sp³-hybridized carbons (Fsp3) is 0.125. The molecule has 3 aromatic rings. The minimum atomic E-state index is -0.940. The maximum absolute atomic E-state index is 12.4. The lowest BCUT2D eigenvalue weighted by Crippen LogP contribution is -2.24. The van der Waals surface area contributed by atoms with Gasteiger partial charge in [0.05, 0.1) is 5.56 Å². The molecule has 0 aliphatic heterocycles. The maximum atomic E-state index is 12.4. The standard InChI is InChI=1S/C24H19ClO5/c1-15(23(27)20-4-3-5-21(25)14-20)29-24(28)19-8-6-17(7-9-19)18-10-12-22(13-11-18)30-16(2)26/h3-15H,1-2H3. The van der Waals surface area contributed by atoms with Crippen molar-refractivity contribution < 1.29 is 23.9 Å². The molecule has 0 radical (unpaired) electrons. The van der Waals surface area contributed by atoms with Crippen LogP contribution in [0.1, 0.15) is 34.6 Å². The minimum absolute atomic E-state index is 0.324. The highest BCUT2D eigenvalue weighted by atomic mass is 35.5. The number of hydrogen-bond donors (Lipinski definition) is 0. The van der Waals surface area contributed by atoms with E-state index in [1.165, 1.54) is 19.9 Å². The highest BCUT2D eigenvalue weighted by Crippen LogP contribution is 2.23. The first-order chi connectivity index (χ1) is 14.3. The summed E-state index contributed by atoms with van der Waals surface area (Å²) in [6.45, 7) is 2.87. The van der Waals surface area contributed by atoms with Crippen LogP contribution in [0.3, 0.4) is 0 Å². The van der Waals surface area contributed by atoms with Gasteiger partial charge >= 0.3 is 11.9 Å². The van der Waals surface area contributed by atoms with Crippen molar-refractivity contribution in [1.29, 1.82) is 0 Å². The lowest BCUT2D eigenvalue weighted by Gasteiger charge is -2.13. The van der Waals surface area contributed by atoms with Crippen LogP contribution in [0.4, 0.5) is 0 Å². The summed E-state index contributed by atoms with van der Waals surface area (Å²) < 4.78 is 10.3. The molecule has 1 unspecified atom stereocenters. The molecule has 0 aliphatic carbocycles. The number of Topliss-reactive ketones (excluding diaryl/α,β-unsaturated/α-hetero) is 1. The zero-order chi connectivity index (χ0) is 21.7. The molecule has 0 fully saturated rings. The van der Waals surface area contributed by atoms with Gasteiger partial charge < -0.3 is 9.47 Å². The van der Waals surface area contributed by atoms with Gasteiger partial charge in [0.15, 0.2) is 6.10 Å². The predicted octanol–water partition coefficient (Wildman–Crippen LogP) is 5.36. The van der Waals surface area contributed by atoms with Gasteiger partial charge in [-0.1, -0.05) is 48.0 Å². The highest BCUT2D eigenvalue weighted by molar-refractivity contribution is 6.31. The molecule has 0 N–H and O–H groups in total. The maximum Gasteiger partial charge on any atom is 0.338 e. The molecule has 5 nitrogen and oxygen atoms in total. The summed E-state index contributed by atoms with van der Waals surface area (Å²) in [7, 11) is 0. The van der Waals surface area contributed by atoms with Crippen molar-refractivity contribution in [3.63, 3.8) is 0 Å². The van der Waals surface area contributed by atoms with Crippen LogP contribution in [0.25, 0.3) is 11.1 Å². The Labute approximate surface area is 179 Å². The summed E-state index contributed by atoms with van der Waals surface area (Å²) in [6, 6.07) is 20.3. The Morgan fingerprint density at radius 2 is 1.43 bits per heavy atom. The summed E-state index contributed by atoms with van der Waals surface area (Å²) >= 11 is 5.91. The van der Waals surface area contributed by atoms with Crippen molar-refractivity contribution in [2.24, 2.45) is 0 Å². The Morgan fingerprint density at radius 1 is 0.833 bits per heavy atom. The van der Waals surface area contributed by atoms with E-state index in [0.717, 1.165) is 11.1 Å². The van der Waals surface area contributed by atoms with Crippen LogP contribution >= 0.6 is 11.6 Å². The van der Waals surface area contributed by atoms with E-state index in [0.29, 0.717) is 21.9 Å². The van der Waals surface area contributed by atoms with E-state index in [1.807, 2.05) is 12.1 Å². The monoisotopic (exact) mass is 422 g/mol. The number of carbonyl (C=O) groups is 3. The van der Waals surface area contributed by atoms with Gasteiger partial charge in [0.1, 0.15) is 5.75 Å². The Morgan fingerprint density at radius 3 is 2.00 bits per heavy atom. The average molecular weight is 423 g/mol. The van der Waals surface area contributed by atoms with Gasteiger partial charge in [-0.3, -0.25) is 9.59 Å². The quantitative estimate of drug-likeness (QED) is 0.304. The lowest BCUT2D eigenvalue weighted by molar-refractivity contribution is -0.131. The SMILES string of the molecule is CC(=O)Oc1ccc(-c2ccc(C(=O)OC(C)C(=O)c3cccc(Cl)c3)cc2)cc1. The van der Waals surface area contributed by atoms with Gasteiger partial charge in [-0.15, -0.1) is 0 Å². The number of rotatable bonds is 6. The van der Waals surface area contributed by atoms with Crippen LogP contribution in [0, 0.1) is 0 Å². The number of hydrogen-bond acceptors (Lipinski definition) is 5. The van der Waals surface area contributed by atoms with Crippen molar-refractivity contribution in [2.75, 3.05) is 0 Å². The van der Waals surface area contributed by atoms with Crippen molar-refractivity contribution in [2.45, 2.75) is 20.0 Å². The highest BCUT2D eigenvalue weighted by Gasteiger charge is 2.20. The Bertz CT molecular complexity index is 1070. The van der Waals surface area contributed by atoms with Crippen LogP contribution in [-0.4, -0.2) is 23.8 Å². The summed E-state index contributed by atoms with van der Waals surface area (Å²) in [4.78, 5) is 35.8. The van der Waals surface area contributed by atoms with E-state index in [2.05, 4.69) is 0 Å². The Hall–Kier alpha value is -3.44. The van der Waals surface area contributed by atoms with Gasteiger partial charge in [0, 0.05) is 17.5 Å². The zero-order valence-corrected chi connectivity index (χ0v) is 17.2. The molecule has 0 spiro atoms. The van der Waals surface area contributed by atoms with Crippen molar-refractivity contribution >= 4 is 29.3 Å². The van der Waals surface area contributed by atoms with Crippen molar-refractivity contribution in [1.82, 2.24) is 0 Å². The second kappa shape index (κ2) is 9.37. The number of ketones is 1. The van der Waals surface area contributed by atoms with Crippen molar-refractivity contribution in [3.05, 3.63) is 88.9 Å². The molecule has 3 rings (SSSR count). The normalized spacial score (nSPS) is 11.4. The second-order valence-corrected chi connectivity index (χ2v) is 7.05. The van der Waals surface area contributed by atoms with E-state index in [-0.39, 0.29) is 11.8 Å². The van der Waals surface area contributed by atoms with Gasteiger partial charge in [-0.25, -0.2) is 4.79 Å². The Kier molecular flexibility index (Phi) is 6.65. The van der Waals surface area contributed by atoms with Gasteiger partial charge in [0.25, 0.3) is 0 Å². The molecule has 3 aromatic carbocycles. The van der Waals surface area contributed by atoms with Gasteiger partial charge in [-0.05, 0) is 54.4 Å². The Balaban J connectivity index is 1.66. The zero-order valence-electron chi connectivity index (χ0n) is 16.4. The third-order valence-electron chi connectivity index (χ3n) is 4.33. The first kappa shape index (κ1) is 21.3. The van der Waals surface area contributed by atoms with Crippen LogP contribution in [0.5, 0.6) is 5.75 Å². The van der Waals surface area contributed by atoms with Crippen LogP contribution in [0.2, 0.25) is 5.02 Å². The summed E-state index contributed by atoms with van der Waals surface area (Å²) in [5.41, 5.74) is 2.50. The predicted molar refractivity (Wildman–Crippen MR) is 114 cm³/mol. The van der Waals surface area contributed by atoms with Gasteiger partial charge in [0.2, 0.25) is 5.78 Å². The fourth-order valence-corrected chi connectivity index (χ4v) is 3.03. The summed E-state index contributed by atoms with van der Waals surface area (Å²) in [5, 5.41) is 0.441. The molecular formula is C24H19ClO5. The first-order valence-corrected chi connectivity index (χ1v) is 9.61. The van der Waals surface area contributed by atoms with Crippen molar-refractivity contribution in [3.8, 4) is 16.9 Å². The number of benzene rings is 3. The van der Waals surface area contributed by atoms with Crippen LogP contribution in [-0.2, 0) is 9.53 Å². The third kappa shape index (κ3) is 5.33. The summed E-state index contributed by atoms with van der Waals surface area (Å²) in [6.07, 6.45) is -0.940. The molecule has 0 bridgehead atoms. The topological polar surface area (TPSA) is 69.7 Å². The first-order valence-electron chi connectivity index (χ1n) is 9.23. The lowest BCUT2D eigenvalue weighted by atomic mass is 10.0.